The van der Waals surface area contributed by atoms with Crippen molar-refractivity contribution in [2.45, 2.75) is 25.8 Å². The van der Waals surface area contributed by atoms with E-state index >= 15 is 0 Å². The van der Waals surface area contributed by atoms with E-state index in [0.29, 0.717) is 27.0 Å². The van der Waals surface area contributed by atoms with Gasteiger partial charge < -0.3 is 20.9 Å². The predicted octanol–water partition coefficient (Wildman–Crippen LogP) is 3.66. The molecule has 0 aliphatic carbocycles. The smallest absolute Gasteiger partial charge is 0.251 e. The van der Waals surface area contributed by atoms with E-state index in [0.717, 1.165) is 32.1 Å². The van der Waals surface area contributed by atoms with E-state index in [1.54, 1.807) is 25.2 Å². The summed E-state index contributed by atoms with van der Waals surface area (Å²) in [5, 5.41) is 9.85. The molecule has 1 amide bonds. The Hall–Kier alpha value is -3.11. The average Bonchev–Trinajstić information content (AvgIpc) is 3.17. The summed E-state index contributed by atoms with van der Waals surface area (Å²) in [6, 6.07) is 7.31. The Balaban J connectivity index is 1.50. The molecule has 3 N–H and O–H groups in total. The van der Waals surface area contributed by atoms with E-state index in [-0.39, 0.29) is 23.6 Å². The predicted molar refractivity (Wildman–Crippen MR) is 125 cm³/mol. The highest BCUT2D eigenvalue weighted by Crippen LogP contribution is 2.33. The summed E-state index contributed by atoms with van der Waals surface area (Å²) >= 11 is 1.33. The van der Waals surface area contributed by atoms with Crippen LogP contribution in [0, 0.1) is 12.7 Å². The Morgan fingerprint density at radius 2 is 2.03 bits per heavy atom. The summed E-state index contributed by atoms with van der Waals surface area (Å²) in [6.07, 6.45) is 3.02. The summed E-state index contributed by atoms with van der Waals surface area (Å²) in [5.41, 5.74) is 2.08. The second kappa shape index (κ2) is 9.58. The third kappa shape index (κ3) is 5.03. The quantitative estimate of drug-likeness (QED) is 0.522. The number of hydrogen-bond acceptors (Lipinski definition) is 8. The van der Waals surface area contributed by atoms with Gasteiger partial charge >= 0.3 is 0 Å². The zero-order valence-electron chi connectivity index (χ0n) is 18.3. The SMILES string of the molecule is CNc1nc(C)c(-c2nc(Nc3cccc(C(=O)NC4CCN(C)CC4)c3)ncc2F)s1. The lowest BCUT2D eigenvalue weighted by Gasteiger charge is -2.29. The molecule has 0 spiro atoms. The molecule has 1 aliphatic heterocycles. The maximum Gasteiger partial charge on any atom is 0.251 e. The number of halogens is 1. The average molecular weight is 456 g/mol. The van der Waals surface area contributed by atoms with Gasteiger partial charge in [0.25, 0.3) is 5.91 Å². The number of thiazole rings is 1. The molecule has 0 unspecified atom stereocenters. The van der Waals surface area contributed by atoms with Crippen molar-refractivity contribution in [2.24, 2.45) is 0 Å². The number of amides is 1. The van der Waals surface area contributed by atoms with Crippen LogP contribution in [-0.4, -0.2) is 59.0 Å². The van der Waals surface area contributed by atoms with Crippen molar-refractivity contribution < 1.29 is 9.18 Å². The summed E-state index contributed by atoms with van der Waals surface area (Å²) < 4.78 is 14.5. The van der Waals surface area contributed by atoms with Gasteiger partial charge in [-0.25, -0.2) is 19.3 Å². The van der Waals surface area contributed by atoms with E-state index in [1.807, 2.05) is 13.0 Å². The third-order valence-corrected chi connectivity index (χ3v) is 6.59. The van der Waals surface area contributed by atoms with E-state index in [9.17, 15) is 9.18 Å². The molecule has 10 heteroatoms. The first-order valence-electron chi connectivity index (χ1n) is 10.5. The van der Waals surface area contributed by atoms with E-state index in [2.05, 4.69) is 42.8 Å². The van der Waals surface area contributed by atoms with Gasteiger partial charge in [0, 0.05) is 24.3 Å². The molecule has 0 bridgehead atoms. The Morgan fingerprint density at radius 1 is 1.25 bits per heavy atom. The molecule has 1 aliphatic rings. The van der Waals surface area contributed by atoms with Gasteiger partial charge in [-0.1, -0.05) is 17.4 Å². The van der Waals surface area contributed by atoms with Crippen molar-refractivity contribution in [1.82, 2.24) is 25.2 Å². The molecule has 8 nitrogen and oxygen atoms in total. The minimum Gasteiger partial charge on any atom is -0.365 e. The Morgan fingerprint density at radius 3 is 2.75 bits per heavy atom. The largest absolute Gasteiger partial charge is 0.365 e. The molecule has 1 fully saturated rings. The summed E-state index contributed by atoms with van der Waals surface area (Å²) in [7, 11) is 3.85. The summed E-state index contributed by atoms with van der Waals surface area (Å²) in [5.74, 6) is -0.381. The molecule has 168 valence electrons. The van der Waals surface area contributed by atoms with Gasteiger partial charge in [0.05, 0.1) is 16.8 Å². The molecular formula is C22H26FN7OS. The summed E-state index contributed by atoms with van der Waals surface area (Å²) in [6.45, 7) is 3.77. The fourth-order valence-electron chi connectivity index (χ4n) is 3.60. The molecular weight excluding hydrogens is 429 g/mol. The van der Waals surface area contributed by atoms with Crippen molar-refractivity contribution in [2.75, 3.05) is 37.8 Å². The van der Waals surface area contributed by atoms with E-state index in [1.165, 1.54) is 11.3 Å². The van der Waals surface area contributed by atoms with Gasteiger partial charge in [0.2, 0.25) is 5.95 Å². The van der Waals surface area contributed by atoms with Crippen molar-refractivity contribution in [3.8, 4) is 10.6 Å². The van der Waals surface area contributed by atoms with Gasteiger partial charge in [-0.05, 0) is 58.1 Å². The molecule has 3 aromatic rings. The number of carbonyl (C=O) groups is 1. The van der Waals surface area contributed by atoms with Crippen LogP contribution in [0.1, 0.15) is 28.9 Å². The van der Waals surface area contributed by atoms with Crippen LogP contribution >= 0.6 is 11.3 Å². The number of nitrogens with zero attached hydrogens (tertiary/aromatic N) is 4. The Labute approximate surface area is 190 Å². The highest BCUT2D eigenvalue weighted by molar-refractivity contribution is 7.19. The van der Waals surface area contributed by atoms with Crippen LogP contribution in [0.5, 0.6) is 0 Å². The number of rotatable bonds is 6. The van der Waals surface area contributed by atoms with Crippen molar-refractivity contribution in [3.63, 3.8) is 0 Å². The number of aryl methyl sites for hydroxylation is 1. The maximum atomic E-state index is 14.5. The minimum atomic E-state index is -0.517. The third-order valence-electron chi connectivity index (χ3n) is 5.40. The lowest BCUT2D eigenvalue weighted by atomic mass is 10.0. The maximum absolute atomic E-state index is 14.5. The lowest BCUT2D eigenvalue weighted by Crippen LogP contribution is -2.43. The normalized spacial score (nSPS) is 14.9. The number of nitrogens with one attached hydrogen (secondary N) is 3. The van der Waals surface area contributed by atoms with Gasteiger partial charge in [-0.2, -0.15) is 0 Å². The second-order valence-electron chi connectivity index (χ2n) is 7.83. The molecule has 0 atom stereocenters. The van der Waals surface area contributed by atoms with Crippen LogP contribution in [0.4, 0.5) is 21.2 Å². The number of benzene rings is 1. The Kier molecular flexibility index (Phi) is 6.61. The minimum absolute atomic E-state index is 0.108. The molecule has 1 saturated heterocycles. The van der Waals surface area contributed by atoms with Gasteiger partial charge in [0.15, 0.2) is 10.9 Å². The number of anilines is 3. The fourth-order valence-corrected chi connectivity index (χ4v) is 4.51. The van der Waals surface area contributed by atoms with Crippen molar-refractivity contribution in [3.05, 3.63) is 47.5 Å². The molecule has 3 heterocycles. The first kappa shape index (κ1) is 22.1. The zero-order chi connectivity index (χ0) is 22.7. The second-order valence-corrected chi connectivity index (χ2v) is 8.83. The van der Waals surface area contributed by atoms with Crippen LogP contribution in [0.3, 0.4) is 0 Å². The summed E-state index contributed by atoms with van der Waals surface area (Å²) in [4.78, 5) is 28.4. The number of carbonyl (C=O) groups excluding carboxylic acids is 1. The van der Waals surface area contributed by atoms with Crippen molar-refractivity contribution >= 4 is 34.0 Å². The van der Waals surface area contributed by atoms with Crippen LogP contribution in [0.2, 0.25) is 0 Å². The van der Waals surface area contributed by atoms with Crippen LogP contribution in [0.25, 0.3) is 10.6 Å². The lowest BCUT2D eigenvalue weighted by molar-refractivity contribution is 0.0917. The number of piperidine rings is 1. The Bertz CT molecular complexity index is 1110. The highest BCUT2D eigenvalue weighted by atomic mass is 32.1. The molecule has 0 saturated carbocycles. The van der Waals surface area contributed by atoms with Crippen LogP contribution in [0.15, 0.2) is 30.5 Å². The first-order valence-corrected chi connectivity index (χ1v) is 11.3. The number of likely N-dealkylation sites (tertiary alicyclic amines) is 1. The number of hydrogen-bond donors (Lipinski definition) is 3. The van der Waals surface area contributed by atoms with Crippen LogP contribution < -0.4 is 16.0 Å². The topological polar surface area (TPSA) is 95.1 Å². The van der Waals surface area contributed by atoms with E-state index in [4.69, 9.17) is 0 Å². The van der Waals surface area contributed by atoms with E-state index < -0.39 is 5.82 Å². The fraction of sp³-hybridized carbons (Fsp3) is 0.364. The van der Waals surface area contributed by atoms with Gasteiger partial charge in [0.1, 0.15) is 5.69 Å². The molecule has 32 heavy (non-hydrogen) atoms. The monoisotopic (exact) mass is 455 g/mol. The highest BCUT2D eigenvalue weighted by Gasteiger charge is 2.20. The standard InChI is InChI=1S/C22H26FN7OS/c1-13-19(32-22(24-2)26-13)18-17(23)12-25-21(29-18)28-16-6-4-5-14(11-16)20(31)27-15-7-9-30(3)10-8-15/h4-6,11-12,15H,7-10H2,1-3H3,(H,24,26)(H,27,31)(H,25,28,29). The molecule has 4 rings (SSSR count). The molecule has 2 aromatic heterocycles. The van der Waals surface area contributed by atoms with Crippen molar-refractivity contribution in [1.29, 1.82) is 0 Å². The zero-order valence-corrected chi connectivity index (χ0v) is 19.1. The van der Waals surface area contributed by atoms with Crippen LogP contribution in [-0.2, 0) is 0 Å². The number of aromatic nitrogens is 3. The first-order chi connectivity index (χ1) is 15.4. The van der Waals surface area contributed by atoms with Gasteiger partial charge in [-0.15, -0.1) is 0 Å². The molecule has 1 aromatic carbocycles. The van der Waals surface area contributed by atoms with Gasteiger partial charge in [-0.3, -0.25) is 4.79 Å². The molecule has 0 radical (unpaired) electrons.